The molecule has 1 fully saturated rings. The fraction of sp³-hybridized carbons (Fsp3) is 0.385. The van der Waals surface area contributed by atoms with E-state index in [-0.39, 0.29) is 11.6 Å². The van der Waals surface area contributed by atoms with Crippen LogP contribution in [0.25, 0.3) is 0 Å². The maximum Gasteiger partial charge on any atom is 0.573 e. The highest BCUT2D eigenvalue weighted by atomic mass is 32.2. The molecule has 0 bridgehead atoms. The van der Waals surface area contributed by atoms with E-state index in [9.17, 15) is 22.8 Å². The summed E-state index contributed by atoms with van der Waals surface area (Å²) in [5.74, 6) is -0.384. The first-order valence-corrected chi connectivity index (χ1v) is 7.53. The number of halogens is 3. The number of carbonyl (C=O) groups excluding carboxylic acids is 2. The van der Waals surface area contributed by atoms with E-state index < -0.39 is 24.1 Å². The fourth-order valence-electron chi connectivity index (χ4n) is 1.82. The number of carbonyl (C=O) groups is 2. The van der Waals surface area contributed by atoms with Crippen molar-refractivity contribution < 1.29 is 27.5 Å². The van der Waals surface area contributed by atoms with E-state index in [4.69, 9.17) is 0 Å². The summed E-state index contributed by atoms with van der Waals surface area (Å²) in [6.45, 7) is 0. The molecule has 0 unspecified atom stereocenters. The van der Waals surface area contributed by atoms with Gasteiger partial charge in [0.05, 0.1) is 5.69 Å². The molecule has 2 rings (SSSR count). The maximum absolute atomic E-state index is 12.3. The SMILES string of the molecule is O=C1CCSC[C@@H](C(=O)Nc2ccccc2OC(F)(F)F)N1. The summed E-state index contributed by atoms with van der Waals surface area (Å²) in [7, 11) is 0. The minimum Gasteiger partial charge on any atom is -0.404 e. The standard InChI is InChI=1S/C13H13F3N2O3S/c14-13(15,16)21-10-4-2-1-3-8(10)18-12(20)9-7-22-6-5-11(19)17-9/h1-4,9H,5-7H2,(H,17,19)(H,18,20)/t9-/m0/s1. The molecule has 2 amide bonds. The Hall–Kier alpha value is -1.90. The zero-order chi connectivity index (χ0) is 16.2. The Labute approximate surface area is 128 Å². The van der Waals surface area contributed by atoms with Gasteiger partial charge in [-0.3, -0.25) is 9.59 Å². The second-order valence-electron chi connectivity index (χ2n) is 4.48. The van der Waals surface area contributed by atoms with Crippen molar-refractivity contribution in [2.24, 2.45) is 0 Å². The van der Waals surface area contributed by atoms with Crippen LogP contribution in [0.15, 0.2) is 24.3 Å². The van der Waals surface area contributed by atoms with Crippen LogP contribution < -0.4 is 15.4 Å². The molecule has 1 aromatic rings. The number of para-hydroxylation sites is 2. The van der Waals surface area contributed by atoms with Crippen LogP contribution in [0.3, 0.4) is 0 Å². The molecule has 1 aliphatic rings. The first kappa shape index (κ1) is 16.5. The molecule has 1 aromatic carbocycles. The largest absolute Gasteiger partial charge is 0.573 e. The minimum absolute atomic E-state index is 0.103. The lowest BCUT2D eigenvalue weighted by Crippen LogP contribution is -2.44. The Morgan fingerprint density at radius 1 is 1.36 bits per heavy atom. The number of nitrogens with one attached hydrogen (secondary N) is 2. The predicted molar refractivity (Wildman–Crippen MR) is 75.6 cm³/mol. The summed E-state index contributed by atoms with van der Waals surface area (Å²) in [6.07, 6.45) is -4.55. The van der Waals surface area contributed by atoms with E-state index in [0.29, 0.717) is 17.9 Å². The molecule has 0 saturated carbocycles. The molecule has 120 valence electrons. The van der Waals surface area contributed by atoms with Crippen molar-refractivity contribution in [2.75, 3.05) is 16.8 Å². The van der Waals surface area contributed by atoms with Gasteiger partial charge in [-0.05, 0) is 12.1 Å². The number of rotatable bonds is 3. The summed E-state index contributed by atoms with van der Waals surface area (Å²) in [5, 5.41) is 4.89. The van der Waals surface area contributed by atoms with E-state index in [0.717, 1.165) is 6.07 Å². The van der Waals surface area contributed by atoms with Gasteiger partial charge in [0, 0.05) is 17.9 Å². The maximum atomic E-state index is 12.3. The quantitative estimate of drug-likeness (QED) is 0.889. The predicted octanol–water partition coefficient (Wildman–Crippen LogP) is 2.15. The molecule has 2 N–H and O–H groups in total. The fourth-order valence-corrected chi connectivity index (χ4v) is 2.79. The summed E-state index contributed by atoms with van der Waals surface area (Å²) >= 11 is 1.43. The third-order valence-electron chi connectivity index (χ3n) is 2.78. The van der Waals surface area contributed by atoms with E-state index >= 15 is 0 Å². The second-order valence-corrected chi connectivity index (χ2v) is 5.63. The van der Waals surface area contributed by atoms with Gasteiger partial charge < -0.3 is 15.4 Å². The molecule has 0 spiro atoms. The Kier molecular flexibility index (Phi) is 5.17. The average Bonchev–Trinajstić information content (AvgIpc) is 2.64. The first-order valence-electron chi connectivity index (χ1n) is 6.38. The van der Waals surface area contributed by atoms with Gasteiger partial charge in [0.1, 0.15) is 6.04 Å². The smallest absolute Gasteiger partial charge is 0.404 e. The normalized spacial score (nSPS) is 19.0. The van der Waals surface area contributed by atoms with Crippen LogP contribution in [-0.2, 0) is 9.59 Å². The Morgan fingerprint density at radius 3 is 2.82 bits per heavy atom. The van der Waals surface area contributed by atoms with Crippen molar-refractivity contribution in [1.82, 2.24) is 5.32 Å². The molecular formula is C13H13F3N2O3S. The van der Waals surface area contributed by atoms with Gasteiger partial charge in [-0.2, -0.15) is 11.8 Å². The van der Waals surface area contributed by atoms with Gasteiger partial charge >= 0.3 is 6.36 Å². The van der Waals surface area contributed by atoms with Gasteiger partial charge in [0.15, 0.2) is 5.75 Å². The monoisotopic (exact) mass is 334 g/mol. The number of ether oxygens (including phenoxy) is 1. The van der Waals surface area contributed by atoms with Crippen LogP contribution in [0.4, 0.5) is 18.9 Å². The number of alkyl halides is 3. The van der Waals surface area contributed by atoms with Crippen LogP contribution in [0.5, 0.6) is 5.75 Å². The van der Waals surface area contributed by atoms with Crippen molar-refractivity contribution in [2.45, 2.75) is 18.8 Å². The lowest BCUT2D eigenvalue weighted by atomic mass is 10.2. The molecule has 1 saturated heterocycles. The van der Waals surface area contributed by atoms with Gasteiger partial charge in [0.2, 0.25) is 11.8 Å². The number of hydrogen-bond acceptors (Lipinski definition) is 4. The average molecular weight is 334 g/mol. The summed E-state index contributed by atoms with van der Waals surface area (Å²) in [5.41, 5.74) is -0.103. The highest BCUT2D eigenvalue weighted by molar-refractivity contribution is 7.99. The molecule has 5 nitrogen and oxygen atoms in total. The second kappa shape index (κ2) is 6.91. The van der Waals surface area contributed by atoms with Crippen molar-refractivity contribution >= 4 is 29.3 Å². The Bertz CT molecular complexity index is 566. The zero-order valence-electron chi connectivity index (χ0n) is 11.3. The highest BCUT2D eigenvalue weighted by Crippen LogP contribution is 2.30. The molecular weight excluding hydrogens is 321 g/mol. The van der Waals surface area contributed by atoms with Gasteiger partial charge in [0.25, 0.3) is 0 Å². The first-order chi connectivity index (χ1) is 10.3. The van der Waals surface area contributed by atoms with Crippen molar-refractivity contribution in [1.29, 1.82) is 0 Å². The van der Waals surface area contributed by atoms with Crippen LogP contribution in [0.2, 0.25) is 0 Å². The van der Waals surface area contributed by atoms with Crippen LogP contribution in [0, 0.1) is 0 Å². The molecule has 1 heterocycles. The van der Waals surface area contributed by atoms with Gasteiger partial charge in [-0.15, -0.1) is 13.2 Å². The van der Waals surface area contributed by atoms with Gasteiger partial charge in [-0.1, -0.05) is 12.1 Å². The molecule has 22 heavy (non-hydrogen) atoms. The van der Waals surface area contributed by atoms with E-state index in [1.54, 1.807) is 0 Å². The van der Waals surface area contributed by atoms with Gasteiger partial charge in [-0.25, -0.2) is 0 Å². The number of anilines is 1. The molecule has 0 radical (unpaired) electrons. The van der Waals surface area contributed by atoms with Crippen LogP contribution in [0.1, 0.15) is 6.42 Å². The molecule has 9 heteroatoms. The molecule has 0 aliphatic carbocycles. The Balaban J connectivity index is 2.09. The Morgan fingerprint density at radius 2 is 2.09 bits per heavy atom. The number of hydrogen-bond donors (Lipinski definition) is 2. The van der Waals surface area contributed by atoms with Crippen LogP contribution >= 0.6 is 11.8 Å². The van der Waals surface area contributed by atoms with Crippen LogP contribution in [-0.4, -0.2) is 35.7 Å². The third kappa shape index (κ3) is 4.83. The number of thioether (sulfide) groups is 1. The molecule has 0 aromatic heterocycles. The third-order valence-corrected chi connectivity index (χ3v) is 3.84. The van der Waals surface area contributed by atoms with Crippen molar-refractivity contribution in [3.05, 3.63) is 24.3 Å². The number of amides is 2. The highest BCUT2D eigenvalue weighted by Gasteiger charge is 2.32. The molecule has 1 atom stereocenters. The number of benzene rings is 1. The van der Waals surface area contributed by atoms with E-state index in [1.165, 1.54) is 30.0 Å². The van der Waals surface area contributed by atoms with E-state index in [1.807, 2.05) is 0 Å². The zero-order valence-corrected chi connectivity index (χ0v) is 12.1. The lowest BCUT2D eigenvalue weighted by molar-refractivity contribution is -0.274. The minimum atomic E-state index is -4.85. The summed E-state index contributed by atoms with van der Waals surface area (Å²) in [6, 6.07) is 4.44. The van der Waals surface area contributed by atoms with Crippen molar-refractivity contribution in [3.8, 4) is 5.75 Å². The van der Waals surface area contributed by atoms with Crippen molar-refractivity contribution in [3.63, 3.8) is 0 Å². The topological polar surface area (TPSA) is 67.4 Å². The summed E-state index contributed by atoms with van der Waals surface area (Å²) < 4.78 is 40.8. The molecule has 1 aliphatic heterocycles. The summed E-state index contributed by atoms with van der Waals surface area (Å²) in [4.78, 5) is 23.5. The lowest BCUT2D eigenvalue weighted by Gasteiger charge is -2.17. The van der Waals surface area contributed by atoms with E-state index in [2.05, 4.69) is 15.4 Å².